The number of nitrogens with zero attached hydrogens (tertiary/aromatic N) is 2. The molecule has 0 aromatic carbocycles. The van der Waals surface area contributed by atoms with E-state index in [0.717, 1.165) is 0 Å². The number of hydrogen-bond donors (Lipinski definition) is 3. The monoisotopic (exact) mass is 178 g/mol. The molecule has 0 bridgehead atoms. The average Bonchev–Trinajstić information content (AvgIpc) is 2.51. The van der Waals surface area contributed by atoms with Gasteiger partial charge in [-0.05, 0) is 0 Å². The zero-order chi connectivity index (χ0) is 9.26. The van der Waals surface area contributed by atoms with Gasteiger partial charge in [-0.2, -0.15) is 0 Å². The van der Waals surface area contributed by atoms with Crippen LogP contribution in [-0.2, 0) is 0 Å². The molecule has 0 atom stereocenters. The fraction of sp³-hybridized carbons (Fsp3) is 0. The Hall–Kier alpha value is -2.11. The van der Waals surface area contributed by atoms with Crippen molar-refractivity contribution < 1.29 is 9.90 Å². The van der Waals surface area contributed by atoms with Crippen LogP contribution in [0.5, 0.6) is 0 Å². The highest BCUT2D eigenvalue weighted by Crippen LogP contribution is 2.17. The number of hydrogen-bond acceptors (Lipinski definition) is 3. The highest BCUT2D eigenvalue weighted by Gasteiger charge is 2.05. The zero-order valence-corrected chi connectivity index (χ0v) is 6.48. The van der Waals surface area contributed by atoms with Crippen molar-refractivity contribution >= 4 is 22.8 Å². The standard InChI is InChI=1S/C7H6N4O2/c12-7(13)11-5-2-8-1-4-6(5)10-3-9-4/h1-3,11H,(H,9,10)(H,12,13). The third-order valence-corrected chi connectivity index (χ3v) is 1.57. The van der Waals surface area contributed by atoms with E-state index in [1.807, 2.05) is 0 Å². The van der Waals surface area contributed by atoms with Crippen LogP contribution in [0.1, 0.15) is 0 Å². The van der Waals surface area contributed by atoms with Gasteiger partial charge in [-0.15, -0.1) is 0 Å². The van der Waals surface area contributed by atoms with E-state index in [0.29, 0.717) is 16.7 Å². The molecule has 0 aliphatic carbocycles. The largest absolute Gasteiger partial charge is 0.465 e. The van der Waals surface area contributed by atoms with E-state index in [9.17, 15) is 4.79 Å². The molecule has 0 aliphatic rings. The van der Waals surface area contributed by atoms with Crippen molar-refractivity contribution in [2.24, 2.45) is 0 Å². The van der Waals surface area contributed by atoms with Gasteiger partial charge in [0.1, 0.15) is 5.52 Å². The summed E-state index contributed by atoms with van der Waals surface area (Å²) in [5, 5.41) is 10.7. The summed E-state index contributed by atoms with van der Waals surface area (Å²) in [6, 6.07) is 0. The molecule has 0 unspecified atom stereocenters. The zero-order valence-electron chi connectivity index (χ0n) is 6.48. The molecule has 0 spiro atoms. The topological polar surface area (TPSA) is 90.9 Å². The normalized spacial score (nSPS) is 10.2. The van der Waals surface area contributed by atoms with Crippen LogP contribution in [0.15, 0.2) is 18.7 Å². The highest BCUT2D eigenvalue weighted by atomic mass is 16.4. The second-order valence-electron chi connectivity index (χ2n) is 2.42. The lowest BCUT2D eigenvalue weighted by Crippen LogP contribution is -2.07. The van der Waals surface area contributed by atoms with E-state index >= 15 is 0 Å². The van der Waals surface area contributed by atoms with Gasteiger partial charge in [0.05, 0.1) is 29.9 Å². The Labute approximate surface area is 72.6 Å². The summed E-state index contributed by atoms with van der Waals surface area (Å²) < 4.78 is 0. The number of fused-ring (bicyclic) bond motifs is 1. The van der Waals surface area contributed by atoms with Crippen LogP contribution in [0.25, 0.3) is 11.0 Å². The molecule has 6 nitrogen and oxygen atoms in total. The minimum atomic E-state index is -1.13. The fourth-order valence-electron chi connectivity index (χ4n) is 1.07. The van der Waals surface area contributed by atoms with Crippen molar-refractivity contribution in [1.29, 1.82) is 0 Å². The molecule has 2 heterocycles. The number of aromatic amines is 1. The van der Waals surface area contributed by atoms with Gasteiger partial charge in [0.25, 0.3) is 0 Å². The van der Waals surface area contributed by atoms with Gasteiger partial charge in [0.15, 0.2) is 0 Å². The van der Waals surface area contributed by atoms with Crippen LogP contribution in [0.3, 0.4) is 0 Å². The first-order valence-corrected chi connectivity index (χ1v) is 3.54. The number of nitrogens with one attached hydrogen (secondary N) is 2. The maximum Gasteiger partial charge on any atom is 0.409 e. The number of carboxylic acid groups (broad SMARTS) is 1. The molecule has 6 heteroatoms. The van der Waals surface area contributed by atoms with E-state index < -0.39 is 6.09 Å². The van der Waals surface area contributed by atoms with Crippen LogP contribution in [0, 0.1) is 0 Å². The predicted octanol–water partition coefficient (Wildman–Crippen LogP) is 1.05. The summed E-state index contributed by atoms with van der Waals surface area (Å²) in [6.07, 6.45) is 3.35. The van der Waals surface area contributed by atoms with Crippen LogP contribution >= 0.6 is 0 Å². The molecule has 0 fully saturated rings. The maximum atomic E-state index is 10.4. The smallest absolute Gasteiger partial charge is 0.409 e. The Balaban J connectivity index is 2.54. The Bertz CT molecular complexity index is 450. The summed E-state index contributed by atoms with van der Waals surface area (Å²) in [5.41, 5.74) is 1.65. The highest BCUT2D eigenvalue weighted by molar-refractivity contribution is 5.95. The first-order valence-electron chi connectivity index (χ1n) is 3.54. The number of rotatable bonds is 1. The molecule has 0 radical (unpaired) electrons. The lowest BCUT2D eigenvalue weighted by Gasteiger charge is -1.99. The minimum Gasteiger partial charge on any atom is -0.465 e. The number of amides is 1. The summed E-state index contributed by atoms with van der Waals surface area (Å²) >= 11 is 0. The van der Waals surface area contributed by atoms with Crippen molar-refractivity contribution in [2.45, 2.75) is 0 Å². The SMILES string of the molecule is O=C(O)Nc1cncc2[nH]cnc12. The summed E-state index contributed by atoms with van der Waals surface area (Å²) in [5.74, 6) is 0. The quantitative estimate of drug-likeness (QED) is 0.608. The number of imidazole rings is 1. The Kier molecular flexibility index (Phi) is 1.59. The first-order chi connectivity index (χ1) is 6.27. The summed E-state index contributed by atoms with van der Waals surface area (Å²) in [6.45, 7) is 0. The van der Waals surface area contributed by atoms with Crippen LogP contribution in [0.2, 0.25) is 0 Å². The molecule has 66 valence electrons. The van der Waals surface area contributed by atoms with Gasteiger partial charge in [-0.25, -0.2) is 9.78 Å². The number of carbonyl (C=O) groups is 1. The van der Waals surface area contributed by atoms with Crippen molar-refractivity contribution in [1.82, 2.24) is 15.0 Å². The molecule has 2 aromatic heterocycles. The van der Waals surface area contributed by atoms with Crippen LogP contribution < -0.4 is 5.32 Å². The minimum absolute atomic E-state index is 0.381. The number of H-pyrrole nitrogens is 1. The molecule has 0 saturated heterocycles. The molecule has 3 N–H and O–H groups in total. The van der Waals surface area contributed by atoms with Crippen LogP contribution in [-0.4, -0.2) is 26.2 Å². The predicted molar refractivity (Wildman–Crippen MR) is 45.5 cm³/mol. The third-order valence-electron chi connectivity index (χ3n) is 1.57. The molecule has 1 amide bonds. The maximum absolute atomic E-state index is 10.4. The van der Waals surface area contributed by atoms with Gasteiger partial charge in [-0.3, -0.25) is 10.3 Å². The van der Waals surface area contributed by atoms with Gasteiger partial charge >= 0.3 is 6.09 Å². The second-order valence-corrected chi connectivity index (χ2v) is 2.42. The van der Waals surface area contributed by atoms with Crippen LogP contribution in [0.4, 0.5) is 10.5 Å². The van der Waals surface area contributed by atoms with E-state index in [-0.39, 0.29) is 0 Å². The van der Waals surface area contributed by atoms with Gasteiger partial charge in [0, 0.05) is 0 Å². The number of anilines is 1. The molecular formula is C7H6N4O2. The van der Waals surface area contributed by atoms with Crippen molar-refractivity contribution in [2.75, 3.05) is 5.32 Å². The van der Waals surface area contributed by atoms with Crippen molar-refractivity contribution in [3.8, 4) is 0 Å². The van der Waals surface area contributed by atoms with E-state index in [2.05, 4.69) is 20.3 Å². The van der Waals surface area contributed by atoms with Crippen molar-refractivity contribution in [3.63, 3.8) is 0 Å². The second kappa shape index (κ2) is 2.74. The van der Waals surface area contributed by atoms with Gasteiger partial charge < -0.3 is 10.1 Å². The van der Waals surface area contributed by atoms with E-state index in [1.54, 1.807) is 6.20 Å². The Morgan fingerprint density at radius 1 is 1.54 bits per heavy atom. The molecule has 13 heavy (non-hydrogen) atoms. The lowest BCUT2D eigenvalue weighted by atomic mass is 10.3. The summed E-state index contributed by atoms with van der Waals surface area (Å²) in [7, 11) is 0. The number of pyridine rings is 1. The number of aromatic nitrogens is 3. The summed E-state index contributed by atoms with van der Waals surface area (Å²) in [4.78, 5) is 21.0. The average molecular weight is 178 g/mol. The van der Waals surface area contributed by atoms with E-state index in [1.165, 1.54) is 12.5 Å². The lowest BCUT2D eigenvalue weighted by molar-refractivity contribution is 0.210. The Morgan fingerprint density at radius 3 is 3.15 bits per heavy atom. The van der Waals surface area contributed by atoms with Crippen molar-refractivity contribution in [3.05, 3.63) is 18.7 Å². The van der Waals surface area contributed by atoms with Gasteiger partial charge in [-0.1, -0.05) is 0 Å². The molecule has 2 aromatic rings. The molecule has 2 rings (SSSR count). The molecular weight excluding hydrogens is 172 g/mol. The molecule has 0 aliphatic heterocycles. The third kappa shape index (κ3) is 1.28. The van der Waals surface area contributed by atoms with Gasteiger partial charge in [0.2, 0.25) is 0 Å². The van der Waals surface area contributed by atoms with E-state index in [4.69, 9.17) is 5.11 Å². The Morgan fingerprint density at radius 2 is 2.38 bits per heavy atom. The first kappa shape index (κ1) is 7.53. The molecule has 0 saturated carbocycles. The fourth-order valence-corrected chi connectivity index (χ4v) is 1.07.